The Kier molecular flexibility index (Phi) is 4.88. The fourth-order valence-electron chi connectivity index (χ4n) is 1.50. The molecular weight excluding hydrogens is 282 g/mol. The zero-order valence-corrected chi connectivity index (χ0v) is 11.7. The number of amides is 1. The van der Waals surface area contributed by atoms with Gasteiger partial charge in [0.05, 0.1) is 30.0 Å². The quantitative estimate of drug-likeness (QED) is 0.411. The van der Waals surface area contributed by atoms with Crippen molar-refractivity contribution in [1.82, 2.24) is 19.7 Å². The third kappa shape index (κ3) is 3.24. The molecule has 2 aromatic rings. The fraction of sp³-hybridized carbons (Fsp3) is 0.455. The first kappa shape index (κ1) is 14.7. The summed E-state index contributed by atoms with van der Waals surface area (Å²) in [6.07, 6.45) is 3.02. The van der Waals surface area contributed by atoms with Gasteiger partial charge in [-0.1, -0.05) is 11.8 Å². The van der Waals surface area contributed by atoms with Crippen LogP contribution in [0.4, 0.5) is 0 Å². The maximum Gasteiger partial charge on any atom is 0.230 e. The largest absolute Gasteiger partial charge is 0.394 e. The van der Waals surface area contributed by atoms with Gasteiger partial charge in [-0.25, -0.2) is 14.6 Å². The molecule has 3 N–H and O–H groups in total. The lowest BCUT2D eigenvalue weighted by Crippen LogP contribution is -2.22. The summed E-state index contributed by atoms with van der Waals surface area (Å²) in [5.74, 6) is -0.402. The van der Waals surface area contributed by atoms with Crippen LogP contribution in [0, 0.1) is 0 Å². The number of aliphatic hydroxyl groups is 1. The number of primary amides is 1. The molecule has 1 unspecified atom stereocenters. The van der Waals surface area contributed by atoms with Gasteiger partial charge in [-0.05, 0) is 6.92 Å². The summed E-state index contributed by atoms with van der Waals surface area (Å²) in [6.45, 7) is 2.09. The minimum Gasteiger partial charge on any atom is -0.394 e. The zero-order chi connectivity index (χ0) is 14.5. The molecule has 9 heteroatoms. The van der Waals surface area contributed by atoms with E-state index in [0.717, 1.165) is 5.39 Å². The normalized spacial score (nSPS) is 12.7. The predicted molar refractivity (Wildman–Crippen MR) is 72.9 cm³/mol. The fourth-order valence-corrected chi connectivity index (χ4v) is 2.33. The van der Waals surface area contributed by atoms with Crippen molar-refractivity contribution < 1.29 is 14.6 Å². The van der Waals surface area contributed by atoms with Crippen molar-refractivity contribution in [3.8, 4) is 0 Å². The maximum absolute atomic E-state index is 11.1. The molecule has 2 heterocycles. The number of hydrogen-bond acceptors (Lipinski definition) is 7. The third-order valence-corrected chi connectivity index (χ3v) is 3.67. The topological polar surface area (TPSA) is 116 Å². The van der Waals surface area contributed by atoms with Gasteiger partial charge in [-0.2, -0.15) is 5.10 Å². The van der Waals surface area contributed by atoms with E-state index in [0.29, 0.717) is 10.7 Å². The van der Waals surface area contributed by atoms with Gasteiger partial charge in [0.1, 0.15) is 18.1 Å². The summed E-state index contributed by atoms with van der Waals surface area (Å²) >= 11 is 1.26. The highest BCUT2D eigenvalue weighted by atomic mass is 32.2. The highest BCUT2D eigenvalue weighted by molar-refractivity contribution is 8.00. The van der Waals surface area contributed by atoms with Crippen molar-refractivity contribution in [1.29, 1.82) is 0 Å². The van der Waals surface area contributed by atoms with Gasteiger partial charge >= 0.3 is 0 Å². The number of aliphatic hydroxyl groups excluding tert-OH is 1. The average Bonchev–Trinajstić information content (AvgIpc) is 2.83. The van der Waals surface area contributed by atoms with Crippen molar-refractivity contribution in [2.24, 2.45) is 5.73 Å². The Bertz CT molecular complexity index is 603. The second-order valence-corrected chi connectivity index (χ2v) is 5.31. The van der Waals surface area contributed by atoms with Gasteiger partial charge in [0.25, 0.3) is 0 Å². The molecule has 108 valence electrons. The van der Waals surface area contributed by atoms with Crippen molar-refractivity contribution in [2.45, 2.75) is 23.9 Å². The van der Waals surface area contributed by atoms with E-state index >= 15 is 0 Å². The van der Waals surface area contributed by atoms with Crippen LogP contribution in [0.2, 0.25) is 0 Å². The number of ether oxygens (including phenoxy) is 1. The Morgan fingerprint density at radius 2 is 2.40 bits per heavy atom. The van der Waals surface area contributed by atoms with Crippen LogP contribution in [0.15, 0.2) is 17.6 Å². The zero-order valence-electron chi connectivity index (χ0n) is 10.9. The van der Waals surface area contributed by atoms with E-state index in [9.17, 15) is 4.79 Å². The van der Waals surface area contributed by atoms with Gasteiger partial charge in [0.15, 0.2) is 5.65 Å². The molecule has 2 aromatic heterocycles. The van der Waals surface area contributed by atoms with E-state index in [1.54, 1.807) is 17.8 Å². The van der Waals surface area contributed by atoms with Gasteiger partial charge in [-0.15, -0.1) is 0 Å². The first-order chi connectivity index (χ1) is 9.63. The molecule has 0 bridgehead atoms. The molecule has 20 heavy (non-hydrogen) atoms. The Hall–Kier alpha value is -1.71. The molecule has 1 atom stereocenters. The Balaban J connectivity index is 2.23. The van der Waals surface area contributed by atoms with Crippen LogP contribution in [-0.2, 0) is 16.3 Å². The minimum absolute atomic E-state index is 0.0502. The van der Waals surface area contributed by atoms with E-state index in [4.69, 9.17) is 15.6 Å². The Morgan fingerprint density at radius 3 is 3.10 bits per heavy atom. The van der Waals surface area contributed by atoms with E-state index in [2.05, 4.69) is 15.1 Å². The lowest BCUT2D eigenvalue weighted by Gasteiger charge is -2.07. The summed E-state index contributed by atoms with van der Waals surface area (Å²) in [7, 11) is 0. The van der Waals surface area contributed by atoms with Crippen molar-refractivity contribution in [2.75, 3.05) is 13.2 Å². The van der Waals surface area contributed by atoms with E-state index < -0.39 is 5.91 Å². The molecule has 0 spiro atoms. The van der Waals surface area contributed by atoms with Crippen LogP contribution in [0.1, 0.15) is 6.92 Å². The molecular formula is C11H15N5O3S. The lowest BCUT2D eigenvalue weighted by molar-refractivity contribution is -0.117. The number of aromatic nitrogens is 4. The summed E-state index contributed by atoms with van der Waals surface area (Å²) in [4.78, 5) is 19.4. The molecule has 0 aromatic carbocycles. The first-order valence-electron chi connectivity index (χ1n) is 5.94. The molecule has 0 saturated heterocycles. The summed E-state index contributed by atoms with van der Waals surface area (Å²) in [5, 5.41) is 13.8. The molecule has 0 saturated carbocycles. The number of carbonyl (C=O) groups excluding carboxylic acids is 1. The molecule has 8 nitrogen and oxygen atoms in total. The van der Waals surface area contributed by atoms with Crippen LogP contribution < -0.4 is 5.73 Å². The first-order valence-corrected chi connectivity index (χ1v) is 6.82. The third-order valence-electron chi connectivity index (χ3n) is 2.54. The van der Waals surface area contributed by atoms with Crippen molar-refractivity contribution >= 4 is 28.7 Å². The van der Waals surface area contributed by atoms with Gasteiger partial charge in [0, 0.05) is 0 Å². The van der Waals surface area contributed by atoms with Crippen molar-refractivity contribution in [3.05, 3.63) is 12.5 Å². The van der Waals surface area contributed by atoms with Gasteiger partial charge in [0.2, 0.25) is 5.91 Å². The minimum atomic E-state index is -0.402. The molecule has 0 radical (unpaired) electrons. The van der Waals surface area contributed by atoms with E-state index in [1.807, 2.05) is 0 Å². The Morgan fingerprint density at radius 1 is 1.60 bits per heavy atom. The van der Waals surface area contributed by atoms with Crippen LogP contribution in [-0.4, -0.2) is 49.2 Å². The number of nitrogens with two attached hydrogens (primary N) is 1. The molecule has 0 aliphatic carbocycles. The summed E-state index contributed by atoms with van der Waals surface area (Å²) < 4.78 is 6.76. The van der Waals surface area contributed by atoms with Crippen LogP contribution in [0.5, 0.6) is 0 Å². The second-order valence-electron chi connectivity index (χ2n) is 3.98. The van der Waals surface area contributed by atoms with Crippen LogP contribution >= 0.6 is 11.8 Å². The Labute approximate surface area is 119 Å². The second kappa shape index (κ2) is 6.64. The molecule has 2 rings (SSSR count). The molecule has 1 amide bonds. The smallest absolute Gasteiger partial charge is 0.230 e. The highest BCUT2D eigenvalue weighted by Crippen LogP contribution is 2.27. The summed E-state index contributed by atoms with van der Waals surface area (Å²) in [5.41, 5.74) is 5.85. The number of hydrogen-bond donors (Lipinski definition) is 2. The van der Waals surface area contributed by atoms with E-state index in [-0.39, 0.29) is 25.2 Å². The number of rotatable bonds is 7. The van der Waals surface area contributed by atoms with E-state index in [1.165, 1.54) is 18.1 Å². The SMILES string of the molecule is CC(Sc1ncnc2c1cnn2COCCO)C(N)=O. The molecule has 0 fully saturated rings. The average molecular weight is 297 g/mol. The molecule has 0 aliphatic heterocycles. The lowest BCUT2D eigenvalue weighted by atomic mass is 10.4. The standard InChI is InChI=1S/C11H15N5O3S/c1-7(9(12)18)20-11-8-4-15-16(6-19-3-2-17)10(8)13-5-14-11/h4-5,7,17H,2-3,6H2,1H3,(H2,12,18). The van der Waals surface area contributed by atoms with Crippen molar-refractivity contribution in [3.63, 3.8) is 0 Å². The maximum atomic E-state index is 11.1. The monoisotopic (exact) mass is 297 g/mol. The highest BCUT2D eigenvalue weighted by Gasteiger charge is 2.16. The van der Waals surface area contributed by atoms with Gasteiger partial charge in [-0.3, -0.25) is 4.79 Å². The number of fused-ring (bicyclic) bond motifs is 1. The predicted octanol–water partition coefficient (Wildman–Crippen LogP) is -0.241. The summed E-state index contributed by atoms with van der Waals surface area (Å²) in [6, 6.07) is 0. The molecule has 0 aliphatic rings. The number of carbonyl (C=O) groups is 1. The van der Waals surface area contributed by atoms with Crippen LogP contribution in [0.25, 0.3) is 11.0 Å². The van der Waals surface area contributed by atoms with Gasteiger partial charge < -0.3 is 15.6 Å². The van der Waals surface area contributed by atoms with Crippen LogP contribution in [0.3, 0.4) is 0 Å². The number of nitrogens with zero attached hydrogens (tertiary/aromatic N) is 4. The number of thioether (sulfide) groups is 1.